The molecule has 0 bridgehead atoms. The van der Waals surface area contributed by atoms with Crippen LogP contribution >= 0.6 is 0 Å². The molecule has 5 heteroatoms. The van der Waals surface area contributed by atoms with Gasteiger partial charge >= 0.3 is 0 Å². The van der Waals surface area contributed by atoms with E-state index >= 15 is 0 Å². The van der Waals surface area contributed by atoms with Gasteiger partial charge in [0.2, 0.25) is 10.0 Å². The highest BCUT2D eigenvalue weighted by Crippen LogP contribution is 2.27. The fraction of sp³-hybridized carbons (Fsp3) is 0.538. The minimum absolute atomic E-state index is 0.0694. The molecule has 2 N–H and O–H groups in total. The standard InChI is InChI=1S/C13H19NO3S/c15-12-5-7-13(8-6-12)18(16,17)14-10-9-11-3-1-2-4-11/h5-8,11,14-15H,1-4,9-10H2. The summed E-state index contributed by atoms with van der Waals surface area (Å²) in [7, 11) is -3.43. The van der Waals surface area contributed by atoms with Crippen LogP contribution in [0.15, 0.2) is 29.2 Å². The van der Waals surface area contributed by atoms with Crippen molar-refractivity contribution in [1.29, 1.82) is 0 Å². The predicted octanol–water partition coefficient (Wildman–Crippen LogP) is 2.25. The maximum atomic E-state index is 11.9. The minimum atomic E-state index is -3.43. The maximum absolute atomic E-state index is 11.9. The number of nitrogens with one attached hydrogen (secondary N) is 1. The van der Waals surface area contributed by atoms with E-state index in [1.165, 1.54) is 49.9 Å². The van der Waals surface area contributed by atoms with Crippen LogP contribution in [0.1, 0.15) is 32.1 Å². The molecule has 0 saturated heterocycles. The molecular weight excluding hydrogens is 250 g/mol. The van der Waals surface area contributed by atoms with Crippen molar-refractivity contribution in [2.75, 3.05) is 6.54 Å². The first kappa shape index (κ1) is 13.4. The van der Waals surface area contributed by atoms with Gasteiger partial charge in [-0.05, 0) is 36.6 Å². The van der Waals surface area contributed by atoms with Gasteiger partial charge in [-0.25, -0.2) is 13.1 Å². The Kier molecular flexibility index (Phi) is 4.24. The molecule has 0 atom stereocenters. The average molecular weight is 269 g/mol. The van der Waals surface area contributed by atoms with Crippen molar-refractivity contribution in [1.82, 2.24) is 4.72 Å². The first-order valence-corrected chi connectivity index (χ1v) is 7.85. The molecule has 2 rings (SSSR count). The van der Waals surface area contributed by atoms with Gasteiger partial charge in [0, 0.05) is 6.54 Å². The van der Waals surface area contributed by atoms with Crippen molar-refractivity contribution < 1.29 is 13.5 Å². The lowest BCUT2D eigenvalue weighted by Crippen LogP contribution is -2.25. The Hall–Kier alpha value is -1.07. The Labute approximate surface area is 108 Å². The van der Waals surface area contributed by atoms with E-state index in [1.807, 2.05) is 0 Å². The van der Waals surface area contributed by atoms with E-state index < -0.39 is 10.0 Å². The van der Waals surface area contributed by atoms with E-state index in [0.717, 1.165) is 6.42 Å². The van der Waals surface area contributed by atoms with Gasteiger partial charge in [-0.15, -0.1) is 0 Å². The normalized spacial score (nSPS) is 17.1. The van der Waals surface area contributed by atoms with E-state index in [-0.39, 0.29) is 10.6 Å². The van der Waals surface area contributed by atoms with E-state index in [9.17, 15) is 8.42 Å². The third-order valence-corrected chi connectivity index (χ3v) is 4.94. The van der Waals surface area contributed by atoms with Crippen LogP contribution in [-0.4, -0.2) is 20.1 Å². The van der Waals surface area contributed by atoms with Gasteiger partial charge in [-0.3, -0.25) is 0 Å². The number of benzene rings is 1. The number of sulfonamides is 1. The number of rotatable bonds is 5. The summed E-state index contributed by atoms with van der Waals surface area (Å²) in [5.41, 5.74) is 0. The number of hydrogen-bond acceptors (Lipinski definition) is 3. The molecule has 1 saturated carbocycles. The Morgan fingerprint density at radius 3 is 2.39 bits per heavy atom. The van der Waals surface area contributed by atoms with Crippen LogP contribution in [-0.2, 0) is 10.0 Å². The highest BCUT2D eigenvalue weighted by molar-refractivity contribution is 7.89. The number of phenols is 1. The van der Waals surface area contributed by atoms with Crippen LogP contribution in [0.2, 0.25) is 0 Å². The highest BCUT2D eigenvalue weighted by atomic mass is 32.2. The smallest absolute Gasteiger partial charge is 0.240 e. The molecule has 1 aliphatic carbocycles. The zero-order valence-corrected chi connectivity index (χ0v) is 11.1. The number of aromatic hydroxyl groups is 1. The SMILES string of the molecule is O=S(=O)(NCCC1CCCC1)c1ccc(O)cc1. The first-order valence-electron chi connectivity index (χ1n) is 6.36. The fourth-order valence-electron chi connectivity index (χ4n) is 2.41. The molecule has 0 amide bonds. The van der Waals surface area contributed by atoms with Crippen LogP contribution in [0.25, 0.3) is 0 Å². The molecule has 1 fully saturated rings. The quantitative estimate of drug-likeness (QED) is 0.861. The Bertz CT molecular complexity index is 475. The second-order valence-electron chi connectivity index (χ2n) is 4.83. The molecule has 0 spiro atoms. The third-order valence-electron chi connectivity index (χ3n) is 3.47. The lowest BCUT2D eigenvalue weighted by molar-refractivity contribution is 0.474. The van der Waals surface area contributed by atoms with E-state index in [1.54, 1.807) is 0 Å². The van der Waals surface area contributed by atoms with Crippen molar-refractivity contribution >= 4 is 10.0 Å². The fourth-order valence-corrected chi connectivity index (χ4v) is 3.45. The lowest BCUT2D eigenvalue weighted by atomic mass is 10.1. The molecule has 0 heterocycles. The summed E-state index contributed by atoms with van der Waals surface area (Å²) in [6.45, 7) is 0.494. The summed E-state index contributed by atoms with van der Waals surface area (Å²) in [5.74, 6) is 0.743. The van der Waals surface area contributed by atoms with Gasteiger partial charge < -0.3 is 5.11 Å². The highest BCUT2D eigenvalue weighted by Gasteiger charge is 2.17. The molecule has 0 aliphatic heterocycles. The number of hydrogen-bond donors (Lipinski definition) is 2. The van der Waals surface area contributed by atoms with Gasteiger partial charge in [0.25, 0.3) is 0 Å². The van der Waals surface area contributed by atoms with Crippen molar-refractivity contribution in [3.63, 3.8) is 0 Å². The zero-order valence-electron chi connectivity index (χ0n) is 10.3. The molecule has 100 valence electrons. The molecule has 0 unspecified atom stereocenters. The van der Waals surface area contributed by atoms with Gasteiger partial charge in [-0.2, -0.15) is 0 Å². The van der Waals surface area contributed by atoms with E-state index in [4.69, 9.17) is 5.11 Å². The Balaban J connectivity index is 1.88. The van der Waals surface area contributed by atoms with E-state index in [2.05, 4.69) is 4.72 Å². The van der Waals surface area contributed by atoms with Gasteiger partial charge in [0.15, 0.2) is 0 Å². The van der Waals surface area contributed by atoms with Crippen LogP contribution in [0.5, 0.6) is 5.75 Å². The minimum Gasteiger partial charge on any atom is -0.508 e. The van der Waals surface area contributed by atoms with E-state index in [0.29, 0.717) is 12.5 Å². The number of phenolic OH excluding ortho intramolecular Hbond substituents is 1. The van der Waals surface area contributed by atoms with Crippen molar-refractivity contribution in [2.45, 2.75) is 37.0 Å². The molecule has 1 aromatic rings. The monoisotopic (exact) mass is 269 g/mol. The maximum Gasteiger partial charge on any atom is 0.240 e. The summed E-state index contributed by atoms with van der Waals surface area (Å²) in [4.78, 5) is 0.201. The van der Waals surface area contributed by atoms with Crippen LogP contribution in [0, 0.1) is 5.92 Å². The molecule has 0 radical (unpaired) electrons. The topological polar surface area (TPSA) is 66.4 Å². The largest absolute Gasteiger partial charge is 0.508 e. The third kappa shape index (κ3) is 3.46. The van der Waals surface area contributed by atoms with Crippen molar-refractivity contribution in [3.05, 3.63) is 24.3 Å². The average Bonchev–Trinajstić information content (AvgIpc) is 2.82. The summed E-state index contributed by atoms with van der Waals surface area (Å²) in [6, 6.07) is 5.58. The van der Waals surface area contributed by atoms with Gasteiger partial charge in [0.05, 0.1) is 4.90 Å². The molecule has 0 aromatic heterocycles. The summed E-state index contributed by atoms with van der Waals surface area (Å²) in [5, 5.41) is 9.13. The summed E-state index contributed by atoms with van der Waals surface area (Å²) in [6.07, 6.45) is 5.91. The van der Waals surface area contributed by atoms with Crippen molar-refractivity contribution in [2.24, 2.45) is 5.92 Å². The zero-order chi connectivity index (χ0) is 13.0. The van der Waals surface area contributed by atoms with Crippen LogP contribution < -0.4 is 4.72 Å². The second kappa shape index (κ2) is 5.71. The summed E-state index contributed by atoms with van der Waals surface area (Å²) < 4.78 is 26.5. The van der Waals surface area contributed by atoms with Crippen LogP contribution in [0.3, 0.4) is 0 Å². The molecule has 1 aliphatic rings. The molecule has 18 heavy (non-hydrogen) atoms. The van der Waals surface area contributed by atoms with Gasteiger partial charge in [-0.1, -0.05) is 25.7 Å². The predicted molar refractivity (Wildman–Crippen MR) is 69.9 cm³/mol. The Morgan fingerprint density at radius 1 is 1.17 bits per heavy atom. The lowest BCUT2D eigenvalue weighted by Gasteiger charge is -2.10. The first-order chi connectivity index (χ1) is 8.58. The van der Waals surface area contributed by atoms with Crippen LogP contribution in [0.4, 0.5) is 0 Å². The molecule has 1 aromatic carbocycles. The Morgan fingerprint density at radius 2 is 1.78 bits per heavy atom. The molecular formula is C13H19NO3S. The second-order valence-corrected chi connectivity index (χ2v) is 6.60. The summed E-state index contributed by atoms with van der Waals surface area (Å²) >= 11 is 0. The molecule has 4 nitrogen and oxygen atoms in total. The van der Waals surface area contributed by atoms with Gasteiger partial charge in [0.1, 0.15) is 5.75 Å². The van der Waals surface area contributed by atoms with Crippen molar-refractivity contribution in [3.8, 4) is 5.75 Å².